The topological polar surface area (TPSA) is 95.6 Å². The number of nitrogens with zero attached hydrogens (tertiary/aromatic N) is 5. The van der Waals surface area contributed by atoms with Gasteiger partial charge >= 0.3 is 12.4 Å². The summed E-state index contributed by atoms with van der Waals surface area (Å²) in [6.45, 7) is 8.23. The van der Waals surface area contributed by atoms with Gasteiger partial charge in [0, 0.05) is 22.7 Å². The molecule has 0 aliphatic rings. The fourth-order valence-electron chi connectivity index (χ4n) is 5.24. The van der Waals surface area contributed by atoms with E-state index in [1.807, 2.05) is 66.3 Å². The van der Waals surface area contributed by atoms with Crippen LogP contribution in [0.15, 0.2) is 83.4 Å². The van der Waals surface area contributed by atoms with Crippen molar-refractivity contribution >= 4 is 17.4 Å². The van der Waals surface area contributed by atoms with E-state index in [2.05, 4.69) is 39.0 Å². The number of aryl methyl sites for hydroxylation is 2. The molecule has 0 spiro atoms. The Morgan fingerprint density at radius 1 is 1.02 bits per heavy atom. The third kappa shape index (κ3) is 8.71. The molecule has 0 fully saturated rings. The highest BCUT2D eigenvalue weighted by atomic mass is 32.1. The highest BCUT2D eigenvalue weighted by molar-refractivity contribution is 7.07. The number of halogens is 3. The molecule has 2 aromatic heterocycles. The van der Waals surface area contributed by atoms with Gasteiger partial charge in [0.15, 0.2) is 10.6 Å². The minimum atomic E-state index is -4.75. The van der Waals surface area contributed by atoms with Crippen molar-refractivity contribution in [2.75, 3.05) is 7.11 Å². The zero-order chi connectivity index (χ0) is 34.4. The van der Waals surface area contributed by atoms with Crippen LogP contribution >= 0.6 is 11.3 Å². The third-order valence-electron chi connectivity index (χ3n) is 7.68. The number of carbonyl (C=O) groups is 1. The van der Waals surface area contributed by atoms with Crippen molar-refractivity contribution in [1.82, 2.24) is 24.6 Å². The summed E-state index contributed by atoms with van der Waals surface area (Å²) in [4.78, 5) is 22.3. The molecule has 0 bridgehead atoms. The van der Waals surface area contributed by atoms with Crippen LogP contribution in [0.1, 0.15) is 56.4 Å². The Balaban J connectivity index is 1.15. The molecule has 5 aromatic rings. The number of hydrogen-bond acceptors (Lipinski definition) is 6. The first kappa shape index (κ1) is 34.4. The minimum absolute atomic E-state index is 0.0653. The summed E-state index contributed by atoms with van der Waals surface area (Å²) in [6.07, 6.45) is -0.772. The van der Waals surface area contributed by atoms with E-state index in [1.54, 1.807) is 7.11 Å². The van der Waals surface area contributed by atoms with Crippen molar-refractivity contribution in [3.8, 4) is 34.3 Å². The number of carbonyl (C=O) groups excluding carboxylic acids is 1. The molecule has 0 radical (unpaired) electrons. The van der Waals surface area contributed by atoms with E-state index < -0.39 is 6.36 Å². The minimum Gasteiger partial charge on any atom is -0.497 e. The second kappa shape index (κ2) is 14.9. The van der Waals surface area contributed by atoms with E-state index in [-0.39, 0.29) is 23.7 Å². The van der Waals surface area contributed by atoms with Crippen LogP contribution in [0.4, 0.5) is 18.0 Å². The van der Waals surface area contributed by atoms with E-state index in [0.29, 0.717) is 16.3 Å². The molecule has 1 unspecified atom stereocenters. The highest BCUT2D eigenvalue weighted by Gasteiger charge is 2.31. The predicted molar refractivity (Wildman–Crippen MR) is 179 cm³/mol. The zero-order valence-electron chi connectivity index (χ0n) is 27.3. The van der Waals surface area contributed by atoms with Gasteiger partial charge in [0.05, 0.1) is 18.5 Å². The first-order chi connectivity index (χ1) is 22.9. The van der Waals surface area contributed by atoms with Gasteiger partial charge in [0.25, 0.3) is 0 Å². The number of nitrogens with one attached hydrogen (secondary N) is 1. The van der Waals surface area contributed by atoms with Crippen LogP contribution in [0.5, 0.6) is 11.5 Å². The molecule has 0 saturated carbocycles. The van der Waals surface area contributed by atoms with E-state index in [0.717, 1.165) is 53.1 Å². The van der Waals surface area contributed by atoms with E-state index in [9.17, 15) is 18.0 Å². The van der Waals surface area contributed by atoms with Crippen molar-refractivity contribution in [3.05, 3.63) is 100 Å². The van der Waals surface area contributed by atoms with Gasteiger partial charge in [-0.15, -0.1) is 29.6 Å². The second-order valence-electron chi connectivity index (χ2n) is 11.7. The maximum atomic E-state index is 12.9. The molecule has 5 rings (SSSR count). The molecular weight excluding hydrogens is 641 g/mol. The van der Waals surface area contributed by atoms with Gasteiger partial charge in [-0.1, -0.05) is 38.1 Å². The largest absolute Gasteiger partial charge is 0.573 e. The molecule has 13 heteroatoms. The van der Waals surface area contributed by atoms with Crippen LogP contribution in [0.25, 0.3) is 22.8 Å². The Labute approximate surface area is 280 Å². The van der Waals surface area contributed by atoms with Crippen LogP contribution in [-0.4, -0.2) is 44.9 Å². The third-order valence-corrected chi connectivity index (χ3v) is 8.63. The molecule has 3 aromatic carbocycles. The summed E-state index contributed by atoms with van der Waals surface area (Å²) in [5, 5.41) is 9.46. The Kier molecular flexibility index (Phi) is 10.7. The van der Waals surface area contributed by atoms with Crippen LogP contribution in [0.3, 0.4) is 0 Å². The van der Waals surface area contributed by atoms with Crippen molar-refractivity contribution in [1.29, 1.82) is 0 Å². The van der Waals surface area contributed by atoms with Crippen molar-refractivity contribution in [2.24, 2.45) is 4.99 Å². The lowest BCUT2D eigenvalue weighted by Gasteiger charge is -2.16. The Morgan fingerprint density at radius 3 is 2.40 bits per heavy atom. The fourth-order valence-corrected chi connectivity index (χ4v) is 6.11. The average Bonchev–Trinajstić information content (AvgIpc) is 3.67. The van der Waals surface area contributed by atoms with Gasteiger partial charge in [-0.25, -0.2) is 14.5 Å². The van der Waals surface area contributed by atoms with Crippen molar-refractivity contribution in [2.45, 2.75) is 65.3 Å². The number of alkyl halides is 3. The molecule has 0 aliphatic carbocycles. The lowest BCUT2D eigenvalue weighted by molar-refractivity contribution is -0.274. The Bertz CT molecular complexity index is 1910. The lowest BCUT2D eigenvalue weighted by atomic mass is 10.0. The van der Waals surface area contributed by atoms with E-state index >= 15 is 0 Å². The summed E-state index contributed by atoms with van der Waals surface area (Å²) >= 11 is 1.43. The summed E-state index contributed by atoms with van der Waals surface area (Å²) in [5.74, 6) is 1.22. The number of urea groups is 1. The number of ether oxygens (including phenoxy) is 2. The standard InChI is InChI=1S/C35H37F3N6O3S/c1-22(2)30-19-29(46-5)17-18-31(30)44-24(4)20-48-34(44)41-33(45)40-23(3)7-6-8-25-9-11-26(12-10-25)32-39-21-43(42-32)27-13-15-28(16-14-27)47-35(36,37)38/h9-23H,6-8H2,1-5H3,(H,40,45)/b41-34-. The number of amides is 2. The number of rotatable bonds is 11. The number of methoxy groups -OCH3 is 1. The molecule has 2 heterocycles. The summed E-state index contributed by atoms with van der Waals surface area (Å²) in [5.41, 5.74) is 5.58. The monoisotopic (exact) mass is 678 g/mol. The molecular formula is C35H37F3N6O3S. The van der Waals surface area contributed by atoms with Gasteiger partial charge in [-0.2, -0.15) is 4.99 Å². The molecule has 2 amide bonds. The summed E-state index contributed by atoms with van der Waals surface area (Å²) in [7, 11) is 1.65. The Hall–Kier alpha value is -4.91. The molecule has 48 heavy (non-hydrogen) atoms. The van der Waals surface area contributed by atoms with E-state index in [1.165, 1.54) is 46.6 Å². The molecule has 1 atom stereocenters. The number of benzene rings is 3. The van der Waals surface area contributed by atoms with Gasteiger partial charge in [0.2, 0.25) is 0 Å². The maximum Gasteiger partial charge on any atom is 0.573 e. The van der Waals surface area contributed by atoms with Crippen LogP contribution in [0, 0.1) is 6.92 Å². The summed E-state index contributed by atoms with van der Waals surface area (Å²) in [6, 6.07) is 18.8. The first-order valence-electron chi connectivity index (χ1n) is 15.5. The fraction of sp³-hybridized carbons (Fsp3) is 0.314. The smallest absolute Gasteiger partial charge is 0.497 e. The lowest BCUT2D eigenvalue weighted by Crippen LogP contribution is -2.32. The van der Waals surface area contributed by atoms with Crippen LogP contribution in [0.2, 0.25) is 0 Å². The van der Waals surface area contributed by atoms with Gasteiger partial charge in [-0.3, -0.25) is 4.57 Å². The molecule has 9 nitrogen and oxygen atoms in total. The summed E-state index contributed by atoms with van der Waals surface area (Å²) < 4.78 is 50.1. The van der Waals surface area contributed by atoms with Crippen molar-refractivity contribution in [3.63, 3.8) is 0 Å². The van der Waals surface area contributed by atoms with Gasteiger partial charge in [0.1, 0.15) is 17.8 Å². The average molecular weight is 679 g/mol. The number of aromatic nitrogens is 4. The SMILES string of the molecule is COc1ccc(-n2c(C)cs/c2=N\C(=O)NC(C)CCCc2ccc(-c3ncn(-c4ccc(OC(F)(F)F)cc4)n3)cc2)c(C(C)C)c1. The molecule has 252 valence electrons. The van der Waals surface area contributed by atoms with E-state index in [4.69, 9.17) is 4.74 Å². The zero-order valence-corrected chi connectivity index (χ0v) is 28.1. The normalized spacial score (nSPS) is 12.7. The highest BCUT2D eigenvalue weighted by Crippen LogP contribution is 2.28. The molecule has 1 N–H and O–H groups in total. The van der Waals surface area contributed by atoms with Crippen LogP contribution < -0.4 is 19.6 Å². The van der Waals surface area contributed by atoms with Crippen LogP contribution in [-0.2, 0) is 6.42 Å². The van der Waals surface area contributed by atoms with Crippen molar-refractivity contribution < 1.29 is 27.4 Å². The number of hydrogen-bond donors (Lipinski definition) is 1. The second-order valence-corrected chi connectivity index (χ2v) is 12.5. The quantitative estimate of drug-likeness (QED) is 0.152. The predicted octanol–water partition coefficient (Wildman–Crippen LogP) is 8.15. The maximum absolute atomic E-state index is 12.9. The molecule has 0 aliphatic heterocycles. The Morgan fingerprint density at radius 2 is 1.73 bits per heavy atom. The van der Waals surface area contributed by atoms with Gasteiger partial charge in [-0.05, 0) is 92.6 Å². The first-order valence-corrected chi connectivity index (χ1v) is 16.4. The van der Waals surface area contributed by atoms with Gasteiger partial charge < -0.3 is 14.8 Å². The number of thiazole rings is 1. The molecule has 0 saturated heterocycles.